The van der Waals surface area contributed by atoms with E-state index in [1.54, 1.807) is 0 Å². The van der Waals surface area contributed by atoms with Crippen LogP contribution in [0.1, 0.15) is 5.56 Å². The van der Waals surface area contributed by atoms with Gasteiger partial charge in [-0.3, -0.25) is 8.94 Å². The molecule has 6 heteroatoms. The van der Waals surface area contributed by atoms with E-state index in [0.29, 0.717) is 6.42 Å². The van der Waals surface area contributed by atoms with Crippen molar-refractivity contribution in [2.24, 2.45) is 0 Å². The van der Waals surface area contributed by atoms with Gasteiger partial charge >= 0.3 is 10.5 Å². The van der Waals surface area contributed by atoms with E-state index in [-0.39, 0.29) is 6.67 Å². The van der Waals surface area contributed by atoms with Crippen molar-refractivity contribution in [3.63, 3.8) is 0 Å². The Morgan fingerprint density at radius 3 is 2.22 bits per heavy atom. The molecule has 2 aromatic rings. The second-order valence-corrected chi connectivity index (χ2v) is 4.31. The lowest BCUT2D eigenvalue weighted by Crippen LogP contribution is -1.87. The van der Waals surface area contributed by atoms with Crippen LogP contribution in [0.15, 0.2) is 42.5 Å². The molecule has 0 amide bonds. The van der Waals surface area contributed by atoms with Crippen molar-refractivity contribution in [2.45, 2.75) is 6.42 Å². The molecule has 0 fully saturated rings. The molecule has 0 heterocycles. The Morgan fingerprint density at radius 1 is 1.06 bits per heavy atom. The summed E-state index contributed by atoms with van der Waals surface area (Å²) in [7, 11) is -5.17. The number of halogens is 2. The standard InChI is InChI=1S/C12H11F.FHO3S/c13-9-8-11-6-3-5-10-4-1-2-7-12(10)11;1-5(2,3)4/h1-7H,8-9H2;(H,2,3,4). The summed E-state index contributed by atoms with van der Waals surface area (Å²) in [6, 6.07) is 14.1. The van der Waals surface area contributed by atoms with Crippen LogP contribution >= 0.6 is 0 Å². The summed E-state index contributed by atoms with van der Waals surface area (Å²) in [6.45, 7) is -0.284. The third-order valence-electron chi connectivity index (χ3n) is 2.24. The third kappa shape index (κ3) is 5.20. The topological polar surface area (TPSA) is 54.4 Å². The maximum Gasteiger partial charge on any atom is 0.435 e. The van der Waals surface area contributed by atoms with E-state index in [1.807, 2.05) is 30.3 Å². The zero-order valence-electron chi connectivity index (χ0n) is 9.38. The fourth-order valence-corrected chi connectivity index (χ4v) is 1.61. The highest BCUT2D eigenvalue weighted by Crippen LogP contribution is 2.18. The van der Waals surface area contributed by atoms with Gasteiger partial charge < -0.3 is 0 Å². The second kappa shape index (κ2) is 6.42. The van der Waals surface area contributed by atoms with Gasteiger partial charge in [0, 0.05) is 6.42 Å². The van der Waals surface area contributed by atoms with Gasteiger partial charge in [0.2, 0.25) is 0 Å². The van der Waals surface area contributed by atoms with Gasteiger partial charge in [0.1, 0.15) is 0 Å². The van der Waals surface area contributed by atoms with Crippen LogP contribution in [0.25, 0.3) is 10.8 Å². The van der Waals surface area contributed by atoms with Gasteiger partial charge in [0.15, 0.2) is 0 Å². The molecule has 2 rings (SSSR count). The molecule has 0 unspecified atom stereocenters. The van der Waals surface area contributed by atoms with Crippen LogP contribution in [0.4, 0.5) is 8.28 Å². The van der Waals surface area contributed by atoms with Gasteiger partial charge in [-0.25, -0.2) is 0 Å². The molecule has 18 heavy (non-hydrogen) atoms. The van der Waals surface area contributed by atoms with Gasteiger partial charge in [0.25, 0.3) is 0 Å². The predicted octanol–water partition coefficient (Wildman–Crippen LogP) is 3.11. The van der Waals surface area contributed by atoms with E-state index < -0.39 is 10.5 Å². The number of rotatable bonds is 2. The number of hydrogen-bond donors (Lipinski definition) is 1. The first-order chi connectivity index (χ1) is 8.42. The molecule has 0 aromatic heterocycles. The molecule has 0 saturated carbocycles. The third-order valence-corrected chi connectivity index (χ3v) is 2.24. The van der Waals surface area contributed by atoms with Gasteiger partial charge in [0.05, 0.1) is 6.67 Å². The average molecular weight is 274 g/mol. The van der Waals surface area contributed by atoms with E-state index in [9.17, 15) is 8.28 Å². The van der Waals surface area contributed by atoms with Crippen LogP contribution in [0.2, 0.25) is 0 Å². The first-order valence-corrected chi connectivity index (χ1v) is 6.45. The maximum atomic E-state index is 12.2. The van der Waals surface area contributed by atoms with E-state index in [4.69, 9.17) is 13.0 Å². The summed E-state index contributed by atoms with van der Waals surface area (Å²) in [5.74, 6) is 0. The van der Waals surface area contributed by atoms with Crippen molar-refractivity contribution in [2.75, 3.05) is 6.67 Å². The van der Waals surface area contributed by atoms with E-state index in [2.05, 4.69) is 12.1 Å². The van der Waals surface area contributed by atoms with Crippen molar-refractivity contribution >= 4 is 21.3 Å². The second-order valence-electron chi connectivity index (χ2n) is 3.49. The Kier molecular flexibility index (Phi) is 5.18. The molecule has 98 valence electrons. The van der Waals surface area contributed by atoms with Crippen molar-refractivity contribution in [1.29, 1.82) is 0 Å². The van der Waals surface area contributed by atoms with E-state index in [0.717, 1.165) is 5.56 Å². The summed E-state index contributed by atoms with van der Waals surface area (Å²) in [5.41, 5.74) is 1.10. The van der Waals surface area contributed by atoms with Crippen LogP contribution in [-0.4, -0.2) is 19.6 Å². The molecule has 0 bridgehead atoms. The lowest BCUT2D eigenvalue weighted by Gasteiger charge is -2.03. The number of fused-ring (bicyclic) bond motifs is 1. The van der Waals surface area contributed by atoms with Gasteiger partial charge in [-0.1, -0.05) is 46.4 Å². The normalized spacial score (nSPS) is 10.8. The highest BCUT2D eigenvalue weighted by atomic mass is 32.3. The SMILES string of the molecule is FCCc1cccc2ccccc12.O=S(=O)(O)F. The molecule has 0 aliphatic carbocycles. The molecule has 2 aromatic carbocycles. The summed E-state index contributed by atoms with van der Waals surface area (Å²) in [5, 5.41) is 2.36. The van der Waals surface area contributed by atoms with Crippen LogP contribution in [-0.2, 0) is 16.9 Å². The molecular weight excluding hydrogens is 262 g/mol. The first-order valence-electron chi connectivity index (χ1n) is 5.11. The van der Waals surface area contributed by atoms with Crippen molar-refractivity contribution in [1.82, 2.24) is 0 Å². The Balaban J connectivity index is 0.000000280. The highest BCUT2D eigenvalue weighted by molar-refractivity contribution is 7.80. The molecule has 0 aliphatic rings. The van der Waals surface area contributed by atoms with E-state index >= 15 is 0 Å². The van der Waals surface area contributed by atoms with Gasteiger partial charge in [-0.15, -0.1) is 0 Å². The minimum absolute atomic E-state index is 0.284. The van der Waals surface area contributed by atoms with Crippen LogP contribution in [0.5, 0.6) is 0 Å². The van der Waals surface area contributed by atoms with Gasteiger partial charge in [-0.2, -0.15) is 8.42 Å². The fraction of sp³-hybridized carbons (Fsp3) is 0.167. The Hall–Kier alpha value is -1.53. The van der Waals surface area contributed by atoms with Crippen molar-refractivity contribution in [3.05, 3.63) is 48.0 Å². The predicted molar refractivity (Wildman–Crippen MR) is 66.3 cm³/mol. The summed E-state index contributed by atoms with van der Waals surface area (Å²) in [4.78, 5) is 0. The number of alkyl halides is 1. The van der Waals surface area contributed by atoms with Crippen molar-refractivity contribution in [3.8, 4) is 0 Å². The average Bonchev–Trinajstić information content (AvgIpc) is 2.28. The Morgan fingerprint density at radius 2 is 1.61 bits per heavy atom. The summed E-state index contributed by atoms with van der Waals surface area (Å²) >= 11 is 0. The van der Waals surface area contributed by atoms with Gasteiger partial charge in [-0.05, 0) is 16.3 Å². The van der Waals surface area contributed by atoms with E-state index in [1.165, 1.54) is 10.8 Å². The minimum atomic E-state index is -5.17. The molecular formula is C12H12F2O3S. The van der Waals surface area contributed by atoms with Crippen LogP contribution < -0.4 is 0 Å². The molecule has 0 saturated heterocycles. The minimum Gasteiger partial charge on any atom is -0.260 e. The Labute approximate surface area is 104 Å². The quantitative estimate of drug-likeness (QED) is 0.676. The smallest absolute Gasteiger partial charge is 0.260 e. The molecule has 0 radical (unpaired) electrons. The van der Waals surface area contributed by atoms with Crippen molar-refractivity contribution < 1.29 is 21.2 Å². The first kappa shape index (κ1) is 14.5. The maximum absolute atomic E-state index is 12.2. The summed E-state index contributed by atoms with van der Waals surface area (Å²) in [6.07, 6.45) is 0.515. The molecule has 0 spiro atoms. The fourth-order valence-electron chi connectivity index (χ4n) is 1.61. The molecule has 0 atom stereocenters. The highest BCUT2D eigenvalue weighted by Gasteiger charge is 1.98. The summed E-state index contributed by atoms with van der Waals surface area (Å²) < 4.78 is 46.3. The number of benzene rings is 2. The largest absolute Gasteiger partial charge is 0.435 e. The monoisotopic (exact) mass is 274 g/mol. The zero-order valence-corrected chi connectivity index (χ0v) is 10.2. The van der Waals surface area contributed by atoms with Crippen LogP contribution in [0.3, 0.4) is 0 Å². The number of hydrogen-bond acceptors (Lipinski definition) is 2. The lowest BCUT2D eigenvalue weighted by molar-refractivity contribution is 0.435. The lowest BCUT2D eigenvalue weighted by atomic mass is 10.0. The molecule has 3 nitrogen and oxygen atoms in total. The molecule has 1 N–H and O–H groups in total. The Bertz CT molecular complexity index is 598. The van der Waals surface area contributed by atoms with Crippen LogP contribution in [0, 0.1) is 0 Å². The molecule has 0 aliphatic heterocycles. The number of aryl methyl sites for hydroxylation is 1. The zero-order chi connectivity index (χ0) is 13.6.